The summed E-state index contributed by atoms with van der Waals surface area (Å²) in [6.07, 6.45) is 2.81. The van der Waals surface area contributed by atoms with E-state index in [1.807, 2.05) is 29.2 Å². The number of methoxy groups -OCH3 is 1. The first-order chi connectivity index (χ1) is 15.1. The van der Waals surface area contributed by atoms with Gasteiger partial charge in [0.2, 0.25) is 0 Å². The van der Waals surface area contributed by atoms with E-state index in [1.165, 1.54) is 24.5 Å². The molecule has 1 aliphatic rings. The number of carbonyl (C=O) groups excluding carboxylic acids is 1. The number of amides is 1. The molecule has 5 nitrogen and oxygen atoms in total. The smallest absolute Gasteiger partial charge is 0.294 e. The van der Waals surface area contributed by atoms with Crippen LogP contribution in [0.2, 0.25) is 0 Å². The summed E-state index contributed by atoms with van der Waals surface area (Å²) in [7, 11) is 1.58. The second-order valence-corrected chi connectivity index (χ2v) is 7.56. The van der Waals surface area contributed by atoms with Crippen molar-refractivity contribution in [3.05, 3.63) is 83.8 Å². The molecule has 2 aromatic carbocycles. The van der Waals surface area contributed by atoms with Crippen molar-refractivity contribution in [2.75, 3.05) is 25.1 Å². The van der Waals surface area contributed by atoms with Crippen molar-refractivity contribution in [3.63, 3.8) is 0 Å². The molecule has 1 fully saturated rings. The molecular formula is C24H24F2N2O3. The number of hydrogen-bond donors (Lipinski definition) is 0. The molecule has 0 saturated carbocycles. The highest BCUT2D eigenvalue weighted by atomic mass is 19.1. The summed E-state index contributed by atoms with van der Waals surface area (Å²) in [6, 6.07) is 14.5. The van der Waals surface area contributed by atoms with Crippen molar-refractivity contribution in [2.45, 2.75) is 25.4 Å². The molecule has 0 radical (unpaired) electrons. The van der Waals surface area contributed by atoms with Crippen LogP contribution in [0.3, 0.4) is 0 Å². The van der Waals surface area contributed by atoms with Crippen molar-refractivity contribution >= 4 is 11.6 Å². The Kier molecular flexibility index (Phi) is 6.32. The fourth-order valence-electron chi connectivity index (χ4n) is 4.02. The summed E-state index contributed by atoms with van der Waals surface area (Å²) in [5, 5.41) is 0. The highest BCUT2D eigenvalue weighted by molar-refractivity contribution is 6.04. The molecule has 1 aliphatic heterocycles. The summed E-state index contributed by atoms with van der Waals surface area (Å²) < 4.78 is 38.7. The number of nitrogens with zero attached hydrogens (tertiary/aromatic N) is 2. The lowest BCUT2D eigenvalue weighted by Gasteiger charge is -2.38. The average Bonchev–Trinajstić information content (AvgIpc) is 3.33. The van der Waals surface area contributed by atoms with Crippen LogP contribution in [0.15, 0.2) is 65.3 Å². The Morgan fingerprint density at radius 1 is 1.10 bits per heavy atom. The Labute approximate surface area is 179 Å². The lowest BCUT2D eigenvalue weighted by molar-refractivity contribution is 0.0931. The summed E-state index contributed by atoms with van der Waals surface area (Å²) in [4.78, 5) is 17.0. The number of rotatable bonds is 6. The lowest BCUT2D eigenvalue weighted by atomic mass is 10.0. The molecule has 0 N–H and O–H groups in total. The molecule has 7 heteroatoms. The molecule has 0 bridgehead atoms. The third-order valence-electron chi connectivity index (χ3n) is 5.65. The maximum absolute atomic E-state index is 14.0. The number of piperidine rings is 1. The van der Waals surface area contributed by atoms with Crippen molar-refractivity contribution < 1.29 is 22.7 Å². The molecule has 4 rings (SSSR count). The van der Waals surface area contributed by atoms with Gasteiger partial charge in [-0.05, 0) is 49.2 Å². The topological polar surface area (TPSA) is 45.9 Å². The molecule has 1 saturated heterocycles. The SMILES string of the molecule is COc1cccc(N(C(=O)c2ccco2)C2CCN(Cc3c(F)cccc3F)CC2)c1. The Morgan fingerprint density at radius 3 is 2.45 bits per heavy atom. The van der Waals surface area contributed by atoms with Crippen LogP contribution in [-0.4, -0.2) is 37.0 Å². The molecule has 1 amide bonds. The minimum atomic E-state index is -0.534. The standard InChI is InChI=1S/C24H24F2N2O3/c1-30-19-6-2-5-18(15-19)28(24(29)23-9-4-14-31-23)17-10-12-27(13-11-17)16-20-21(25)7-3-8-22(20)26/h2-9,14-15,17H,10-13,16H2,1H3. The Morgan fingerprint density at radius 2 is 1.81 bits per heavy atom. The second kappa shape index (κ2) is 9.31. The van der Waals surface area contributed by atoms with E-state index in [-0.39, 0.29) is 29.8 Å². The normalized spacial score (nSPS) is 15.1. The maximum Gasteiger partial charge on any atom is 0.294 e. The molecule has 2 heterocycles. The lowest BCUT2D eigenvalue weighted by Crippen LogP contribution is -2.47. The zero-order chi connectivity index (χ0) is 21.8. The number of hydrogen-bond acceptors (Lipinski definition) is 4. The van der Waals surface area contributed by atoms with Gasteiger partial charge < -0.3 is 14.1 Å². The molecular weight excluding hydrogens is 402 g/mol. The van der Waals surface area contributed by atoms with E-state index in [0.717, 1.165) is 5.69 Å². The number of furan rings is 1. The van der Waals surface area contributed by atoms with Gasteiger partial charge in [0.15, 0.2) is 5.76 Å². The molecule has 0 atom stereocenters. The van der Waals surface area contributed by atoms with E-state index in [9.17, 15) is 13.6 Å². The highest BCUT2D eigenvalue weighted by Gasteiger charge is 2.31. The minimum Gasteiger partial charge on any atom is -0.497 e. The van der Waals surface area contributed by atoms with Gasteiger partial charge in [0, 0.05) is 43.0 Å². The van der Waals surface area contributed by atoms with Gasteiger partial charge in [0.25, 0.3) is 5.91 Å². The van der Waals surface area contributed by atoms with Crippen molar-refractivity contribution in [2.24, 2.45) is 0 Å². The van der Waals surface area contributed by atoms with Gasteiger partial charge in [-0.3, -0.25) is 9.69 Å². The van der Waals surface area contributed by atoms with Gasteiger partial charge in [-0.1, -0.05) is 12.1 Å². The van der Waals surface area contributed by atoms with Gasteiger partial charge >= 0.3 is 0 Å². The molecule has 31 heavy (non-hydrogen) atoms. The number of benzene rings is 2. The van der Waals surface area contributed by atoms with Gasteiger partial charge in [-0.2, -0.15) is 0 Å². The van der Waals surface area contributed by atoms with Gasteiger partial charge in [-0.25, -0.2) is 8.78 Å². The fourth-order valence-corrected chi connectivity index (χ4v) is 4.02. The fraction of sp³-hybridized carbons (Fsp3) is 0.292. The maximum atomic E-state index is 14.0. The first-order valence-corrected chi connectivity index (χ1v) is 10.2. The van der Waals surface area contributed by atoms with E-state index in [1.54, 1.807) is 24.1 Å². The van der Waals surface area contributed by atoms with Crippen molar-refractivity contribution in [3.8, 4) is 5.75 Å². The van der Waals surface area contributed by atoms with E-state index in [2.05, 4.69) is 0 Å². The van der Waals surface area contributed by atoms with Crippen LogP contribution >= 0.6 is 0 Å². The zero-order valence-electron chi connectivity index (χ0n) is 17.3. The first-order valence-electron chi connectivity index (χ1n) is 10.2. The van der Waals surface area contributed by atoms with Crippen molar-refractivity contribution in [1.29, 1.82) is 0 Å². The van der Waals surface area contributed by atoms with E-state index >= 15 is 0 Å². The third kappa shape index (κ3) is 4.61. The summed E-state index contributed by atoms with van der Waals surface area (Å²) in [5.74, 6) is -0.376. The van der Waals surface area contributed by atoms with E-state index < -0.39 is 11.6 Å². The number of halogens is 2. The number of anilines is 1. The number of ether oxygens (including phenoxy) is 1. The van der Waals surface area contributed by atoms with Crippen LogP contribution in [0.1, 0.15) is 29.0 Å². The highest BCUT2D eigenvalue weighted by Crippen LogP contribution is 2.29. The van der Waals surface area contributed by atoms with Crippen LogP contribution < -0.4 is 9.64 Å². The predicted octanol–water partition coefficient (Wildman–Crippen LogP) is 4.88. The summed E-state index contributed by atoms with van der Waals surface area (Å²) in [5.41, 5.74) is 0.802. The van der Waals surface area contributed by atoms with Crippen LogP contribution in [0.5, 0.6) is 5.75 Å². The van der Waals surface area contributed by atoms with Crippen LogP contribution in [0.25, 0.3) is 0 Å². The van der Waals surface area contributed by atoms with Gasteiger partial charge in [0.1, 0.15) is 17.4 Å². The first kappa shape index (κ1) is 21.1. The third-order valence-corrected chi connectivity index (χ3v) is 5.65. The quantitative estimate of drug-likeness (QED) is 0.564. The average molecular weight is 426 g/mol. The van der Waals surface area contributed by atoms with Gasteiger partial charge in [-0.15, -0.1) is 0 Å². The monoisotopic (exact) mass is 426 g/mol. The molecule has 0 unspecified atom stereocenters. The largest absolute Gasteiger partial charge is 0.497 e. The predicted molar refractivity (Wildman–Crippen MR) is 113 cm³/mol. The summed E-state index contributed by atoms with van der Waals surface area (Å²) >= 11 is 0. The Hall–Kier alpha value is -3.19. The number of carbonyl (C=O) groups is 1. The number of likely N-dealkylation sites (tertiary alicyclic amines) is 1. The van der Waals surface area contributed by atoms with Crippen molar-refractivity contribution in [1.82, 2.24) is 4.90 Å². The molecule has 162 valence electrons. The molecule has 0 spiro atoms. The van der Waals surface area contributed by atoms with Gasteiger partial charge in [0.05, 0.1) is 13.4 Å². The van der Waals surface area contributed by atoms with E-state index in [0.29, 0.717) is 31.7 Å². The van der Waals surface area contributed by atoms with Crippen LogP contribution in [-0.2, 0) is 6.54 Å². The molecule has 3 aromatic rings. The second-order valence-electron chi connectivity index (χ2n) is 7.56. The minimum absolute atomic E-state index is 0.0774. The van der Waals surface area contributed by atoms with Crippen LogP contribution in [0.4, 0.5) is 14.5 Å². The van der Waals surface area contributed by atoms with Crippen LogP contribution in [0, 0.1) is 11.6 Å². The Bertz CT molecular complexity index is 1010. The molecule has 1 aromatic heterocycles. The summed E-state index contributed by atoms with van der Waals surface area (Å²) in [6.45, 7) is 1.44. The Balaban J connectivity index is 1.52. The van der Waals surface area contributed by atoms with E-state index in [4.69, 9.17) is 9.15 Å². The molecule has 0 aliphatic carbocycles. The zero-order valence-corrected chi connectivity index (χ0v) is 17.3.